The average molecular weight is 157 g/mol. The topological polar surface area (TPSA) is 92.5 Å². The molecule has 0 spiro atoms. The van der Waals surface area contributed by atoms with Crippen molar-refractivity contribution >= 4 is 18.0 Å². The van der Waals surface area contributed by atoms with Gasteiger partial charge in [-0.3, -0.25) is 4.79 Å². The molecule has 1 aliphatic heterocycles. The van der Waals surface area contributed by atoms with Gasteiger partial charge >= 0.3 is 12.1 Å². The zero-order valence-corrected chi connectivity index (χ0v) is 5.83. The number of imide groups is 3. The first-order chi connectivity index (χ1) is 5.04. The summed E-state index contributed by atoms with van der Waals surface area (Å²) in [7, 11) is 0. The van der Waals surface area contributed by atoms with Crippen molar-refractivity contribution in [3.05, 3.63) is 0 Å². The van der Waals surface area contributed by atoms with Gasteiger partial charge in [0.15, 0.2) is 0 Å². The number of nitrogens with zero attached hydrogens (tertiary/aromatic N) is 1. The number of nitrogens with two attached hydrogens (primary N) is 1. The SMILES string of the molecule is CC1NC(=O)N(C(N)=O)C1=O. The molecule has 1 saturated heterocycles. The van der Waals surface area contributed by atoms with Crippen LogP contribution in [-0.4, -0.2) is 28.9 Å². The lowest BCUT2D eigenvalue weighted by Gasteiger charge is -2.04. The van der Waals surface area contributed by atoms with Crippen LogP contribution < -0.4 is 11.1 Å². The predicted molar refractivity (Wildman–Crippen MR) is 34.4 cm³/mol. The van der Waals surface area contributed by atoms with Gasteiger partial charge < -0.3 is 11.1 Å². The van der Waals surface area contributed by atoms with Gasteiger partial charge in [-0.1, -0.05) is 0 Å². The molecule has 5 amide bonds. The summed E-state index contributed by atoms with van der Waals surface area (Å²) in [5.41, 5.74) is 4.75. The Balaban J connectivity index is 2.88. The number of hydrogen-bond acceptors (Lipinski definition) is 3. The van der Waals surface area contributed by atoms with Crippen molar-refractivity contribution in [3.63, 3.8) is 0 Å². The van der Waals surface area contributed by atoms with Crippen molar-refractivity contribution in [1.82, 2.24) is 10.2 Å². The fourth-order valence-electron chi connectivity index (χ4n) is 0.814. The Hall–Kier alpha value is -1.59. The van der Waals surface area contributed by atoms with E-state index in [0.29, 0.717) is 4.90 Å². The minimum Gasteiger partial charge on any atom is -0.351 e. The summed E-state index contributed by atoms with van der Waals surface area (Å²) in [6.07, 6.45) is 0. The van der Waals surface area contributed by atoms with Crippen LogP contribution in [0.4, 0.5) is 9.59 Å². The predicted octanol–water partition coefficient (Wildman–Crippen LogP) is -0.995. The number of amides is 5. The first kappa shape index (κ1) is 7.52. The molecule has 6 nitrogen and oxygen atoms in total. The Morgan fingerprint density at radius 2 is 2.18 bits per heavy atom. The maximum Gasteiger partial charge on any atom is 0.333 e. The highest BCUT2D eigenvalue weighted by Crippen LogP contribution is 2.03. The maximum absolute atomic E-state index is 10.9. The molecular weight excluding hydrogens is 150 g/mol. The normalized spacial score (nSPS) is 23.7. The largest absolute Gasteiger partial charge is 0.351 e. The van der Waals surface area contributed by atoms with E-state index in [-0.39, 0.29) is 0 Å². The Morgan fingerprint density at radius 1 is 1.64 bits per heavy atom. The number of hydrogen-bond donors (Lipinski definition) is 2. The Bertz CT molecular complexity index is 237. The minimum atomic E-state index is -1.04. The molecule has 11 heavy (non-hydrogen) atoms. The van der Waals surface area contributed by atoms with Gasteiger partial charge in [-0.25, -0.2) is 9.59 Å². The van der Waals surface area contributed by atoms with Gasteiger partial charge in [-0.2, -0.15) is 4.90 Å². The van der Waals surface area contributed by atoms with Crippen molar-refractivity contribution in [2.75, 3.05) is 0 Å². The summed E-state index contributed by atoms with van der Waals surface area (Å²) in [5, 5.41) is 2.23. The third-order valence-corrected chi connectivity index (χ3v) is 1.35. The van der Waals surface area contributed by atoms with Gasteiger partial charge in [0, 0.05) is 0 Å². The molecule has 3 N–H and O–H groups in total. The minimum absolute atomic E-state index is 0.380. The zero-order chi connectivity index (χ0) is 8.59. The second-order valence-electron chi connectivity index (χ2n) is 2.18. The zero-order valence-electron chi connectivity index (χ0n) is 5.83. The van der Waals surface area contributed by atoms with Crippen LogP contribution in [0.1, 0.15) is 6.92 Å². The van der Waals surface area contributed by atoms with E-state index in [1.165, 1.54) is 6.92 Å². The van der Waals surface area contributed by atoms with E-state index < -0.39 is 24.0 Å². The number of primary amides is 1. The number of carbonyl (C=O) groups is 3. The molecule has 0 aliphatic carbocycles. The first-order valence-electron chi connectivity index (χ1n) is 2.98. The van der Waals surface area contributed by atoms with E-state index >= 15 is 0 Å². The van der Waals surface area contributed by atoms with Gasteiger partial charge in [0.1, 0.15) is 6.04 Å². The number of rotatable bonds is 0. The van der Waals surface area contributed by atoms with Crippen LogP contribution in [0, 0.1) is 0 Å². The second kappa shape index (κ2) is 2.22. The number of carbonyl (C=O) groups excluding carboxylic acids is 3. The smallest absolute Gasteiger partial charge is 0.333 e. The lowest BCUT2D eigenvalue weighted by Crippen LogP contribution is -2.40. The van der Waals surface area contributed by atoms with E-state index in [1.54, 1.807) is 0 Å². The lowest BCUT2D eigenvalue weighted by molar-refractivity contribution is -0.124. The Kier molecular flexibility index (Phi) is 1.52. The van der Waals surface area contributed by atoms with Crippen LogP contribution in [0.25, 0.3) is 0 Å². The summed E-state index contributed by atoms with van der Waals surface area (Å²) in [6, 6.07) is -2.46. The van der Waals surface area contributed by atoms with E-state index in [9.17, 15) is 14.4 Å². The summed E-state index contributed by atoms with van der Waals surface area (Å²) in [5.74, 6) is -0.609. The molecule has 1 aliphatic rings. The van der Waals surface area contributed by atoms with Gasteiger partial charge in [0.2, 0.25) is 0 Å². The molecule has 1 fully saturated rings. The molecule has 1 rings (SSSR count). The van der Waals surface area contributed by atoms with E-state index in [1.807, 2.05) is 0 Å². The van der Waals surface area contributed by atoms with Gasteiger partial charge in [-0.05, 0) is 6.92 Å². The highest BCUT2D eigenvalue weighted by Gasteiger charge is 2.38. The highest BCUT2D eigenvalue weighted by molar-refractivity contribution is 6.15. The Morgan fingerprint density at radius 3 is 2.36 bits per heavy atom. The van der Waals surface area contributed by atoms with Crippen LogP contribution in [-0.2, 0) is 4.79 Å². The van der Waals surface area contributed by atoms with Crippen molar-refractivity contribution in [1.29, 1.82) is 0 Å². The molecule has 0 saturated carbocycles. The fraction of sp³-hybridized carbons (Fsp3) is 0.400. The summed E-state index contributed by atoms with van der Waals surface area (Å²) >= 11 is 0. The highest BCUT2D eigenvalue weighted by atomic mass is 16.2. The molecule has 60 valence electrons. The molecule has 0 aromatic carbocycles. The molecule has 0 aromatic rings. The van der Waals surface area contributed by atoms with Crippen LogP contribution in [0.15, 0.2) is 0 Å². The van der Waals surface area contributed by atoms with Crippen molar-refractivity contribution in [2.24, 2.45) is 5.73 Å². The van der Waals surface area contributed by atoms with E-state index in [0.717, 1.165) is 0 Å². The van der Waals surface area contributed by atoms with Crippen LogP contribution in [0.2, 0.25) is 0 Å². The third-order valence-electron chi connectivity index (χ3n) is 1.35. The van der Waals surface area contributed by atoms with E-state index in [2.05, 4.69) is 5.32 Å². The standard InChI is InChI=1S/C5H7N3O3/c1-2-3(9)8(4(6)10)5(11)7-2/h2H,1H3,(H2,6,10)(H,7,11). The van der Waals surface area contributed by atoms with Crippen LogP contribution >= 0.6 is 0 Å². The number of urea groups is 2. The van der Waals surface area contributed by atoms with E-state index in [4.69, 9.17) is 5.73 Å². The lowest BCUT2D eigenvalue weighted by atomic mass is 10.3. The van der Waals surface area contributed by atoms with Crippen molar-refractivity contribution in [3.8, 4) is 0 Å². The molecule has 0 bridgehead atoms. The fourth-order valence-corrected chi connectivity index (χ4v) is 0.814. The van der Waals surface area contributed by atoms with Crippen LogP contribution in [0.5, 0.6) is 0 Å². The van der Waals surface area contributed by atoms with Crippen LogP contribution in [0.3, 0.4) is 0 Å². The summed E-state index contributed by atoms with van der Waals surface area (Å²) < 4.78 is 0. The van der Waals surface area contributed by atoms with Gasteiger partial charge in [0.05, 0.1) is 0 Å². The monoisotopic (exact) mass is 157 g/mol. The van der Waals surface area contributed by atoms with Crippen molar-refractivity contribution in [2.45, 2.75) is 13.0 Å². The number of nitrogens with one attached hydrogen (secondary N) is 1. The third kappa shape index (κ3) is 1.02. The summed E-state index contributed by atoms with van der Waals surface area (Å²) in [6.45, 7) is 1.48. The van der Waals surface area contributed by atoms with Crippen molar-refractivity contribution < 1.29 is 14.4 Å². The molecule has 1 heterocycles. The summed E-state index contributed by atoms with van der Waals surface area (Å²) in [4.78, 5) is 32.4. The first-order valence-corrected chi connectivity index (χ1v) is 2.98. The molecule has 6 heteroatoms. The molecule has 1 unspecified atom stereocenters. The molecular formula is C5H7N3O3. The van der Waals surface area contributed by atoms with Gasteiger partial charge in [-0.15, -0.1) is 0 Å². The van der Waals surface area contributed by atoms with Gasteiger partial charge in [0.25, 0.3) is 5.91 Å². The Labute approximate surface area is 62.3 Å². The second-order valence-corrected chi connectivity index (χ2v) is 2.18. The molecule has 0 aromatic heterocycles. The average Bonchev–Trinajstić information content (AvgIpc) is 2.07. The quantitative estimate of drug-likeness (QED) is 0.442. The molecule has 1 atom stereocenters. The maximum atomic E-state index is 10.9. The molecule has 0 radical (unpaired) electrons.